The molecule has 3 rings (SSSR count). The molecule has 0 amide bonds. The summed E-state index contributed by atoms with van der Waals surface area (Å²) < 4.78 is 0. The Morgan fingerprint density at radius 2 is 1.88 bits per heavy atom. The van der Waals surface area contributed by atoms with E-state index in [4.69, 9.17) is 0 Å². The Labute approximate surface area is 96.9 Å². The zero-order valence-electron chi connectivity index (χ0n) is 9.61. The molecule has 0 unspecified atom stereocenters. The predicted molar refractivity (Wildman–Crippen MR) is 64.3 cm³/mol. The number of benzene rings is 1. The Bertz CT molecular complexity index is 385. The molecule has 0 aliphatic heterocycles. The Kier molecular flexibility index (Phi) is 2.34. The summed E-state index contributed by atoms with van der Waals surface area (Å²) >= 11 is 0. The van der Waals surface area contributed by atoms with E-state index >= 15 is 0 Å². The van der Waals surface area contributed by atoms with E-state index in [1.165, 1.54) is 24.8 Å². The van der Waals surface area contributed by atoms with Crippen molar-refractivity contribution in [2.24, 2.45) is 5.92 Å². The van der Waals surface area contributed by atoms with Crippen LogP contribution in [0, 0.1) is 5.92 Å². The Morgan fingerprint density at radius 3 is 2.38 bits per heavy atom. The minimum atomic E-state index is -0.0934. The first-order valence-corrected chi connectivity index (χ1v) is 6.40. The number of hydrogen-bond acceptors (Lipinski definition) is 1. The number of hydrogen-bond donors (Lipinski definition) is 0. The van der Waals surface area contributed by atoms with E-state index in [1.54, 1.807) is 0 Å². The van der Waals surface area contributed by atoms with E-state index in [0.29, 0.717) is 11.7 Å². The summed E-state index contributed by atoms with van der Waals surface area (Å²) in [5.41, 5.74) is 1.16. The lowest BCUT2D eigenvalue weighted by molar-refractivity contribution is -0.128. The van der Waals surface area contributed by atoms with E-state index in [0.717, 1.165) is 19.3 Å². The van der Waals surface area contributed by atoms with E-state index in [2.05, 4.69) is 24.3 Å². The van der Waals surface area contributed by atoms with Crippen LogP contribution in [-0.2, 0) is 10.2 Å². The van der Waals surface area contributed by atoms with Crippen LogP contribution < -0.4 is 0 Å². The molecule has 0 radical (unpaired) electrons. The van der Waals surface area contributed by atoms with Crippen molar-refractivity contribution >= 4 is 5.78 Å². The van der Waals surface area contributed by atoms with E-state index in [-0.39, 0.29) is 5.41 Å². The molecular formula is C15H18O. The van der Waals surface area contributed by atoms with Crippen molar-refractivity contribution in [3.63, 3.8) is 0 Å². The molecular weight excluding hydrogens is 196 g/mol. The fourth-order valence-electron chi connectivity index (χ4n) is 2.80. The van der Waals surface area contributed by atoms with Crippen LogP contribution in [0.5, 0.6) is 0 Å². The van der Waals surface area contributed by atoms with Gasteiger partial charge in [0.2, 0.25) is 0 Å². The van der Waals surface area contributed by atoms with Gasteiger partial charge >= 0.3 is 0 Å². The lowest BCUT2D eigenvalue weighted by Crippen LogP contribution is -2.42. The molecule has 0 saturated heterocycles. The molecule has 0 aromatic heterocycles. The standard InChI is InChI=1S/C15H18O/c16-14(11-12-7-8-12)15(9-4-10-15)13-5-2-1-3-6-13/h1-3,5-6,12H,4,7-11H2. The van der Waals surface area contributed by atoms with Crippen molar-refractivity contribution in [1.82, 2.24) is 0 Å². The van der Waals surface area contributed by atoms with Gasteiger partial charge in [0.15, 0.2) is 0 Å². The number of carbonyl (C=O) groups excluding carboxylic acids is 1. The van der Waals surface area contributed by atoms with Gasteiger partial charge in [0.1, 0.15) is 5.78 Å². The van der Waals surface area contributed by atoms with Crippen molar-refractivity contribution in [3.8, 4) is 0 Å². The average molecular weight is 214 g/mol. The van der Waals surface area contributed by atoms with Crippen LogP contribution in [0.2, 0.25) is 0 Å². The topological polar surface area (TPSA) is 17.1 Å². The highest BCUT2D eigenvalue weighted by Crippen LogP contribution is 2.47. The van der Waals surface area contributed by atoms with Crippen molar-refractivity contribution in [1.29, 1.82) is 0 Å². The molecule has 0 N–H and O–H groups in total. The Balaban J connectivity index is 1.84. The van der Waals surface area contributed by atoms with Gasteiger partial charge in [-0.1, -0.05) is 36.8 Å². The molecule has 0 heterocycles. The van der Waals surface area contributed by atoms with Gasteiger partial charge in [-0.05, 0) is 37.2 Å². The second kappa shape index (κ2) is 3.73. The molecule has 84 valence electrons. The third kappa shape index (κ3) is 1.59. The summed E-state index contributed by atoms with van der Waals surface area (Å²) in [5.74, 6) is 1.22. The van der Waals surface area contributed by atoms with Gasteiger partial charge in [-0.25, -0.2) is 0 Å². The first-order valence-electron chi connectivity index (χ1n) is 6.40. The van der Waals surface area contributed by atoms with Crippen LogP contribution in [0.1, 0.15) is 44.1 Å². The lowest BCUT2D eigenvalue weighted by atomic mass is 9.61. The van der Waals surface area contributed by atoms with Crippen LogP contribution in [0.15, 0.2) is 30.3 Å². The van der Waals surface area contributed by atoms with Crippen LogP contribution in [0.25, 0.3) is 0 Å². The van der Waals surface area contributed by atoms with Gasteiger partial charge in [0.05, 0.1) is 5.41 Å². The maximum absolute atomic E-state index is 12.4. The SMILES string of the molecule is O=C(CC1CC1)C1(c2ccccc2)CCC1. The molecule has 2 fully saturated rings. The largest absolute Gasteiger partial charge is 0.299 e. The molecule has 1 nitrogen and oxygen atoms in total. The molecule has 1 heteroatoms. The Hall–Kier alpha value is -1.11. The highest BCUT2D eigenvalue weighted by Gasteiger charge is 2.46. The number of carbonyl (C=O) groups is 1. The monoisotopic (exact) mass is 214 g/mol. The van der Waals surface area contributed by atoms with Gasteiger partial charge in [-0.3, -0.25) is 4.79 Å². The van der Waals surface area contributed by atoms with Gasteiger partial charge in [0, 0.05) is 6.42 Å². The molecule has 0 spiro atoms. The fraction of sp³-hybridized carbons (Fsp3) is 0.533. The minimum Gasteiger partial charge on any atom is -0.299 e. The van der Waals surface area contributed by atoms with Crippen molar-refractivity contribution in [2.75, 3.05) is 0 Å². The average Bonchev–Trinajstić information content (AvgIpc) is 3.01. The summed E-state index contributed by atoms with van der Waals surface area (Å²) in [4.78, 5) is 12.4. The predicted octanol–water partition coefficient (Wildman–Crippen LogP) is 3.48. The summed E-state index contributed by atoms with van der Waals surface area (Å²) in [6, 6.07) is 10.4. The molecule has 0 atom stereocenters. The molecule has 2 aliphatic rings. The maximum Gasteiger partial charge on any atom is 0.143 e. The highest BCUT2D eigenvalue weighted by atomic mass is 16.1. The second-order valence-electron chi connectivity index (χ2n) is 5.37. The first kappa shape index (κ1) is 10.1. The number of Topliss-reactive ketones (excluding diaryl/α,β-unsaturated/α-hetero) is 1. The van der Waals surface area contributed by atoms with Gasteiger partial charge in [-0.15, -0.1) is 0 Å². The van der Waals surface area contributed by atoms with Crippen molar-refractivity contribution < 1.29 is 4.79 Å². The normalized spacial score (nSPS) is 22.5. The third-order valence-corrected chi connectivity index (χ3v) is 4.24. The molecule has 2 saturated carbocycles. The Morgan fingerprint density at radius 1 is 1.19 bits per heavy atom. The summed E-state index contributed by atoms with van der Waals surface area (Å²) in [6.07, 6.45) is 6.73. The zero-order chi connectivity index (χ0) is 11.0. The first-order chi connectivity index (χ1) is 7.81. The summed E-state index contributed by atoms with van der Waals surface area (Å²) in [7, 11) is 0. The maximum atomic E-state index is 12.4. The molecule has 16 heavy (non-hydrogen) atoms. The van der Waals surface area contributed by atoms with Gasteiger partial charge in [0.25, 0.3) is 0 Å². The quantitative estimate of drug-likeness (QED) is 0.750. The van der Waals surface area contributed by atoms with Crippen LogP contribution in [-0.4, -0.2) is 5.78 Å². The smallest absolute Gasteiger partial charge is 0.143 e. The summed E-state index contributed by atoms with van der Waals surface area (Å²) in [6.45, 7) is 0. The number of ketones is 1. The summed E-state index contributed by atoms with van der Waals surface area (Å²) in [5, 5.41) is 0. The molecule has 2 aliphatic carbocycles. The molecule has 1 aromatic rings. The second-order valence-corrected chi connectivity index (χ2v) is 5.37. The van der Waals surface area contributed by atoms with Gasteiger partial charge in [-0.2, -0.15) is 0 Å². The third-order valence-electron chi connectivity index (χ3n) is 4.24. The van der Waals surface area contributed by atoms with Crippen LogP contribution in [0.3, 0.4) is 0 Å². The van der Waals surface area contributed by atoms with Gasteiger partial charge < -0.3 is 0 Å². The fourth-order valence-corrected chi connectivity index (χ4v) is 2.80. The van der Waals surface area contributed by atoms with E-state index in [1.807, 2.05) is 6.07 Å². The van der Waals surface area contributed by atoms with E-state index < -0.39 is 0 Å². The molecule has 1 aromatic carbocycles. The van der Waals surface area contributed by atoms with Crippen LogP contribution >= 0.6 is 0 Å². The van der Waals surface area contributed by atoms with Crippen LogP contribution in [0.4, 0.5) is 0 Å². The number of rotatable bonds is 4. The van der Waals surface area contributed by atoms with E-state index in [9.17, 15) is 4.79 Å². The zero-order valence-corrected chi connectivity index (χ0v) is 9.61. The van der Waals surface area contributed by atoms with Crippen molar-refractivity contribution in [3.05, 3.63) is 35.9 Å². The lowest BCUT2D eigenvalue weighted by Gasteiger charge is -2.41. The highest BCUT2D eigenvalue weighted by molar-refractivity contribution is 5.91. The molecule has 0 bridgehead atoms. The minimum absolute atomic E-state index is 0.0934. The van der Waals surface area contributed by atoms with Crippen molar-refractivity contribution in [2.45, 2.75) is 43.9 Å².